The lowest BCUT2D eigenvalue weighted by Crippen LogP contribution is -2.41. The average molecular weight is 482 g/mol. The first-order valence-electron chi connectivity index (χ1n) is 11.1. The maximum atomic E-state index is 12.3. The molecule has 1 fully saturated rings. The summed E-state index contributed by atoms with van der Waals surface area (Å²) in [7, 11) is -3.23. The highest BCUT2D eigenvalue weighted by Crippen LogP contribution is 2.20. The third-order valence-electron chi connectivity index (χ3n) is 5.66. The van der Waals surface area contributed by atoms with Gasteiger partial charge in [-0.2, -0.15) is 0 Å². The number of ether oxygens (including phenoxy) is 2. The summed E-state index contributed by atoms with van der Waals surface area (Å²) in [6, 6.07) is 16.2. The number of rotatable bonds is 7. The summed E-state index contributed by atoms with van der Waals surface area (Å²) in [6.45, 7) is 1.79. The molecule has 2 heterocycles. The smallest absolute Gasteiger partial charge is 0.410 e. The Morgan fingerprint density at radius 3 is 2.29 bits per heavy atom. The molecule has 2 aromatic carbocycles. The standard InChI is InChI=1S/C25H27N3O5S/c1-34(30,31)23-9-7-20(8-10-23)24-16-26-21(15-27-24)18-32-22-11-13-28(14-12-22)25(29)33-17-19-5-3-2-4-6-19/h2-10,15-16,22H,11-14,17-18H2,1H3. The van der Waals surface area contributed by atoms with Crippen molar-refractivity contribution >= 4 is 15.9 Å². The van der Waals surface area contributed by atoms with Crippen molar-refractivity contribution in [2.45, 2.75) is 37.1 Å². The lowest BCUT2D eigenvalue weighted by atomic mass is 10.1. The van der Waals surface area contributed by atoms with E-state index in [9.17, 15) is 13.2 Å². The molecule has 34 heavy (non-hydrogen) atoms. The Morgan fingerprint density at radius 2 is 1.68 bits per heavy atom. The molecule has 0 atom stereocenters. The molecular weight excluding hydrogens is 454 g/mol. The van der Waals surface area contributed by atoms with Gasteiger partial charge in [-0.1, -0.05) is 42.5 Å². The van der Waals surface area contributed by atoms with E-state index in [1.54, 1.807) is 41.6 Å². The molecule has 0 unspecified atom stereocenters. The van der Waals surface area contributed by atoms with Gasteiger partial charge in [0.1, 0.15) is 6.61 Å². The third-order valence-corrected chi connectivity index (χ3v) is 6.78. The Kier molecular flexibility index (Phi) is 7.54. The summed E-state index contributed by atoms with van der Waals surface area (Å²) >= 11 is 0. The normalized spacial score (nSPS) is 14.7. The minimum absolute atomic E-state index is 0.0446. The molecule has 9 heteroatoms. The Hall–Kier alpha value is -3.30. The predicted molar refractivity (Wildman–Crippen MR) is 127 cm³/mol. The van der Waals surface area contributed by atoms with E-state index in [0.29, 0.717) is 31.1 Å². The van der Waals surface area contributed by atoms with Crippen LogP contribution >= 0.6 is 0 Å². The van der Waals surface area contributed by atoms with Gasteiger partial charge < -0.3 is 14.4 Å². The fourth-order valence-electron chi connectivity index (χ4n) is 3.67. The highest BCUT2D eigenvalue weighted by Gasteiger charge is 2.24. The number of sulfone groups is 1. The van der Waals surface area contributed by atoms with Crippen LogP contribution in [0.5, 0.6) is 0 Å². The summed E-state index contributed by atoms with van der Waals surface area (Å²) in [5.41, 5.74) is 3.12. The van der Waals surface area contributed by atoms with Crippen LogP contribution in [0.2, 0.25) is 0 Å². The molecule has 0 bridgehead atoms. The fourth-order valence-corrected chi connectivity index (χ4v) is 4.30. The number of amides is 1. The van der Waals surface area contributed by atoms with Crippen molar-refractivity contribution in [3.8, 4) is 11.3 Å². The predicted octanol–water partition coefficient (Wildman–Crippen LogP) is 3.86. The number of carbonyl (C=O) groups is 1. The van der Waals surface area contributed by atoms with Gasteiger partial charge in [-0.05, 0) is 30.5 Å². The van der Waals surface area contributed by atoms with E-state index in [0.717, 1.165) is 24.0 Å². The second-order valence-electron chi connectivity index (χ2n) is 8.23. The van der Waals surface area contributed by atoms with Crippen molar-refractivity contribution in [2.24, 2.45) is 0 Å². The van der Waals surface area contributed by atoms with Gasteiger partial charge in [0.25, 0.3) is 0 Å². The minimum Gasteiger partial charge on any atom is -0.445 e. The largest absolute Gasteiger partial charge is 0.445 e. The first kappa shape index (κ1) is 23.8. The Bertz CT molecular complexity index is 1190. The first-order chi connectivity index (χ1) is 16.4. The highest BCUT2D eigenvalue weighted by atomic mass is 32.2. The zero-order valence-electron chi connectivity index (χ0n) is 19.0. The van der Waals surface area contributed by atoms with Crippen LogP contribution < -0.4 is 0 Å². The second kappa shape index (κ2) is 10.8. The van der Waals surface area contributed by atoms with Gasteiger partial charge in [-0.3, -0.25) is 9.97 Å². The number of piperidine rings is 1. The number of nitrogens with zero attached hydrogens (tertiary/aromatic N) is 3. The van der Waals surface area contributed by atoms with Gasteiger partial charge in [0.15, 0.2) is 9.84 Å². The molecular formula is C25H27N3O5S. The van der Waals surface area contributed by atoms with Gasteiger partial charge in [-0.25, -0.2) is 13.2 Å². The van der Waals surface area contributed by atoms with Crippen LogP contribution in [0.4, 0.5) is 4.79 Å². The highest BCUT2D eigenvalue weighted by molar-refractivity contribution is 7.90. The van der Waals surface area contributed by atoms with Crippen LogP contribution in [0.25, 0.3) is 11.3 Å². The molecule has 1 saturated heterocycles. The number of aromatic nitrogens is 2. The van der Waals surface area contributed by atoms with E-state index >= 15 is 0 Å². The van der Waals surface area contributed by atoms with Gasteiger partial charge in [-0.15, -0.1) is 0 Å². The number of carbonyl (C=O) groups excluding carboxylic acids is 1. The zero-order valence-corrected chi connectivity index (χ0v) is 19.8. The molecule has 0 aliphatic carbocycles. The third kappa shape index (κ3) is 6.39. The molecule has 4 rings (SSSR count). The van der Waals surface area contributed by atoms with Crippen molar-refractivity contribution in [1.29, 1.82) is 0 Å². The van der Waals surface area contributed by atoms with E-state index in [1.807, 2.05) is 30.3 Å². The lowest BCUT2D eigenvalue weighted by Gasteiger charge is -2.31. The molecule has 178 valence electrons. The van der Waals surface area contributed by atoms with Crippen LogP contribution in [-0.4, -0.2) is 54.8 Å². The van der Waals surface area contributed by atoms with E-state index < -0.39 is 9.84 Å². The van der Waals surface area contributed by atoms with Crippen molar-refractivity contribution < 1.29 is 22.7 Å². The van der Waals surface area contributed by atoms with Crippen LogP contribution in [0, 0.1) is 0 Å². The Labute approximate surface area is 199 Å². The first-order valence-corrected chi connectivity index (χ1v) is 13.0. The van der Waals surface area contributed by atoms with Gasteiger partial charge in [0.05, 0.1) is 41.4 Å². The second-order valence-corrected chi connectivity index (χ2v) is 10.2. The Morgan fingerprint density at radius 1 is 0.971 bits per heavy atom. The Balaban J connectivity index is 1.21. The van der Waals surface area contributed by atoms with Gasteiger partial charge >= 0.3 is 6.09 Å². The summed E-state index contributed by atoms with van der Waals surface area (Å²) in [5, 5.41) is 0. The molecule has 1 amide bonds. The SMILES string of the molecule is CS(=O)(=O)c1ccc(-c2cnc(COC3CCN(C(=O)OCc4ccccc4)CC3)cn2)cc1. The van der Waals surface area contributed by atoms with Crippen molar-refractivity contribution in [3.05, 3.63) is 78.2 Å². The molecule has 8 nitrogen and oxygen atoms in total. The molecule has 0 N–H and O–H groups in total. The maximum Gasteiger partial charge on any atom is 0.410 e. The molecule has 0 spiro atoms. The number of likely N-dealkylation sites (tertiary alicyclic amines) is 1. The van der Waals surface area contributed by atoms with Crippen molar-refractivity contribution in [1.82, 2.24) is 14.9 Å². The quantitative estimate of drug-likeness (QED) is 0.505. The molecule has 1 aliphatic heterocycles. The topological polar surface area (TPSA) is 98.7 Å². The summed E-state index contributed by atoms with van der Waals surface area (Å²) in [5.74, 6) is 0. The number of benzene rings is 2. The number of hydrogen-bond donors (Lipinski definition) is 0. The van der Waals surface area contributed by atoms with Crippen LogP contribution in [0.1, 0.15) is 24.1 Å². The number of hydrogen-bond acceptors (Lipinski definition) is 7. The lowest BCUT2D eigenvalue weighted by molar-refractivity contribution is -0.00524. The van der Waals surface area contributed by atoms with E-state index in [1.165, 1.54) is 6.26 Å². The molecule has 3 aromatic rings. The van der Waals surface area contributed by atoms with E-state index in [-0.39, 0.29) is 23.7 Å². The summed E-state index contributed by atoms with van der Waals surface area (Å²) in [4.78, 5) is 23.1. The average Bonchev–Trinajstić information content (AvgIpc) is 2.87. The van der Waals surface area contributed by atoms with Crippen LogP contribution in [0.15, 0.2) is 71.9 Å². The summed E-state index contributed by atoms with van der Waals surface area (Å²) in [6.07, 6.45) is 5.71. The van der Waals surface area contributed by atoms with Crippen LogP contribution in [0.3, 0.4) is 0 Å². The van der Waals surface area contributed by atoms with Gasteiger partial charge in [0.2, 0.25) is 0 Å². The molecule has 0 radical (unpaired) electrons. The van der Waals surface area contributed by atoms with Crippen molar-refractivity contribution in [2.75, 3.05) is 19.3 Å². The molecule has 0 saturated carbocycles. The van der Waals surface area contributed by atoms with E-state index in [4.69, 9.17) is 9.47 Å². The molecule has 1 aliphatic rings. The molecule has 1 aromatic heterocycles. The maximum absolute atomic E-state index is 12.3. The van der Waals surface area contributed by atoms with E-state index in [2.05, 4.69) is 9.97 Å². The monoisotopic (exact) mass is 481 g/mol. The van der Waals surface area contributed by atoms with Crippen LogP contribution in [-0.2, 0) is 32.5 Å². The summed E-state index contributed by atoms with van der Waals surface area (Å²) < 4.78 is 34.6. The van der Waals surface area contributed by atoms with Crippen molar-refractivity contribution in [3.63, 3.8) is 0 Å². The fraction of sp³-hybridized carbons (Fsp3) is 0.320. The minimum atomic E-state index is -3.23. The zero-order chi connectivity index (χ0) is 24.0. The van der Waals surface area contributed by atoms with Gasteiger partial charge in [0, 0.05) is 24.9 Å².